The summed E-state index contributed by atoms with van der Waals surface area (Å²) in [6.07, 6.45) is 2.19. The molecule has 1 aliphatic heterocycles. The van der Waals surface area contributed by atoms with Gasteiger partial charge in [0.25, 0.3) is 0 Å². The molecule has 1 aliphatic rings. The van der Waals surface area contributed by atoms with Gasteiger partial charge >= 0.3 is 0 Å². The highest BCUT2D eigenvalue weighted by molar-refractivity contribution is 5.90. The molecule has 2 rings (SSSR count). The monoisotopic (exact) mass is 195 g/mol. The maximum atomic E-state index is 11.5. The standard InChI is InChI=1S/C9H13N3O2/c1-12-8(2-3-10-12)11-9(13)4-7-5-14-6-7/h2-3,7H,4-6H2,1H3,(H,11,13). The van der Waals surface area contributed by atoms with E-state index in [2.05, 4.69) is 10.4 Å². The summed E-state index contributed by atoms with van der Waals surface area (Å²) < 4.78 is 6.63. The van der Waals surface area contributed by atoms with E-state index in [-0.39, 0.29) is 5.91 Å². The van der Waals surface area contributed by atoms with Crippen LogP contribution in [0.4, 0.5) is 5.82 Å². The van der Waals surface area contributed by atoms with E-state index in [1.54, 1.807) is 24.0 Å². The van der Waals surface area contributed by atoms with Crippen molar-refractivity contribution in [2.24, 2.45) is 13.0 Å². The van der Waals surface area contributed by atoms with Crippen molar-refractivity contribution in [3.8, 4) is 0 Å². The second kappa shape index (κ2) is 3.79. The fraction of sp³-hybridized carbons (Fsp3) is 0.556. The lowest BCUT2D eigenvalue weighted by Gasteiger charge is -2.25. The van der Waals surface area contributed by atoms with E-state index in [1.807, 2.05) is 0 Å². The van der Waals surface area contributed by atoms with Crippen LogP contribution in [0.5, 0.6) is 0 Å². The van der Waals surface area contributed by atoms with Gasteiger partial charge in [-0.2, -0.15) is 5.10 Å². The third-order valence-electron chi connectivity index (χ3n) is 2.27. The number of carbonyl (C=O) groups is 1. The molecule has 0 aliphatic carbocycles. The Morgan fingerprint density at radius 3 is 3.07 bits per heavy atom. The molecule has 0 unspecified atom stereocenters. The van der Waals surface area contributed by atoms with Gasteiger partial charge in [0, 0.05) is 25.5 Å². The van der Waals surface area contributed by atoms with E-state index in [0.29, 0.717) is 25.6 Å². The maximum Gasteiger partial charge on any atom is 0.225 e. The first-order chi connectivity index (χ1) is 6.75. The largest absolute Gasteiger partial charge is 0.381 e. The zero-order chi connectivity index (χ0) is 9.97. The lowest BCUT2D eigenvalue weighted by atomic mass is 10.0. The van der Waals surface area contributed by atoms with Crippen LogP contribution in [0.3, 0.4) is 0 Å². The Hall–Kier alpha value is -1.36. The van der Waals surface area contributed by atoms with Crippen LogP contribution < -0.4 is 5.32 Å². The lowest BCUT2D eigenvalue weighted by molar-refractivity contribution is -0.121. The van der Waals surface area contributed by atoms with Crippen LogP contribution in [0, 0.1) is 5.92 Å². The van der Waals surface area contributed by atoms with Gasteiger partial charge in [0.2, 0.25) is 5.91 Å². The van der Waals surface area contributed by atoms with Crippen LogP contribution >= 0.6 is 0 Å². The topological polar surface area (TPSA) is 56.2 Å². The first-order valence-corrected chi connectivity index (χ1v) is 4.61. The van der Waals surface area contributed by atoms with Crippen molar-refractivity contribution < 1.29 is 9.53 Å². The van der Waals surface area contributed by atoms with E-state index in [9.17, 15) is 4.79 Å². The number of carbonyl (C=O) groups excluding carboxylic acids is 1. The number of amides is 1. The molecule has 1 fully saturated rings. The minimum Gasteiger partial charge on any atom is -0.381 e. The summed E-state index contributed by atoms with van der Waals surface area (Å²) >= 11 is 0. The first-order valence-electron chi connectivity index (χ1n) is 4.61. The Morgan fingerprint density at radius 1 is 1.79 bits per heavy atom. The highest BCUT2D eigenvalue weighted by atomic mass is 16.5. The van der Waals surface area contributed by atoms with Crippen LogP contribution in [0.1, 0.15) is 6.42 Å². The average molecular weight is 195 g/mol. The van der Waals surface area contributed by atoms with E-state index >= 15 is 0 Å². The van der Waals surface area contributed by atoms with Crippen molar-refractivity contribution in [2.45, 2.75) is 6.42 Å². The summed E-state index contributed by atoms with van der Waals surface area (Å²) in [5.41, 5.74) is 0. The average Bonchev–Trinajstić information content (AvgIpc) is 2.45. The third-order valence-corrected chi connectivity index (χ3v) is 2.27. The smallest absolute Gasteiger partial charge is 0.225 e. The third kappa shape index (κ3) is 1.93. The SMILES string of the molecule is Cn1nccc1NC(=O)CC1COC1. The minimum atomic E-state index is 0.0295. The molecule has 76 valence electrons. The molecule has 5 nitrogen and oxygen atoms in total. The zero-order valence-electron chi connectivity index (χ0n) is 8.06. The van der Waals surface area contributed by atoms with Gasteiger partial charge in [-0.3, -0.25) is 9.48 Å². The summed E-state index contributed by atoms with van der Waals surface area (Å²) in [6.45, 7) is 1.41. The van der Waals surface area contributed by atoms with Gasteiger partial charge in [-0.15, -0.1) is 0 Å². The van der Waals surface area contributed by atoms with Crippen LogP contribution in [0.25, 0.3) is 0 Å². The highest BCUT2D eigenvalue weighted by Crippen LogP contribution is 2.15. The van der Waals surface area contributed by atoms with Crippen molar-refractivity contribution in [1.82, 2.24) is 9.78 Å². The molecule has 14 heavy (non-hydrogen) atoms. The number of nitrogens with zero attached hydrogens (tertiary/aromatic N) is 2. The van der Waals surface area contributed by atoms with Gasteiger partial charge in [0.05, 0.1) is 19.4 Å². The van der Waals surface area contributed by atoms with Crippen molar-refractivity contribution >= 4 is 11.7 Å². The molecule has 1 aromatic rings. The molecule has 0 spiro atoms. The van der Waals surface area contributed by atoms with Crippen LogP contribution in [0.2, 0.25) is 0 Å². The molecule has 5 heteroatoms. The number of hydrogen-bond donors (Lipinski definition) is 1. The Kier molecular flexibility index (Phi) is 2.49. The summed E-state index contributed by atoms with van der Waals surface area (Å²) in [5.74, 6) is 1.15. The molecule has 1 amide bonds. The van der Waals surface area contributed by atoms with E-state index in [4.69, 9.17) is 4.74 Å². The maximum absolute atomic E-state index is 11.5. The van der Waals surface area contributed by atoms with Crippen LogP contribution in [-0.4, -0.2) is 28.9 Å². The first kappa shape index (κ1) is 9.21. The van der Waals surface area contributed by atoms with Crippen molar-refractivity contribution in [2.75, 3.05) is 18.5 Å². The highest BCUT2D eigenvalue weighted by Gasteiger charge is 2.21. The summed E-state index contributed by atoms with van der Waals surface area (Å²) in [4.78, 5) is 11.5. The quantitative estimate of drug-likeness (QED) is 0.759. The molecule has 0 aromatic carbocycles. The van der Waals surface area contributed by atoms with E-state index in [1.165, 1.54) is 0 Å². The fourth-order valence-electron chi connectivity index (χ4n) is 1.36. The number of ether oxygens (including phenoxy) is 1. The number of rotatable bonds is 3. The number of aryl methyl sites for hydroxylation is 1. The molecule has 0 atom stereocenters. The van der Waals surface area contributed by atoms with Gasteiger partial charge in [0.1, 0.15) is 5.82 Å². The van der Waals surface area contributed by atoms with Gasteiger partial charge in [-0.1, -0.05) is 0 Å². The number of nitrogens with one attached hydrogen (secondary N) is 1. The van der Waals surface area contributed by atoms with E-state index in [0.717, 1.165) is 5.82 Å². The van der Waals surface area contributed by atoms with Gasteiger partial charge in [0.15, 0.2) is 0 Å². The van der Waals surface area contributed by atoms with E-state index < -0.39 is 0 Å². The van der Waals surface area contributed by atoms with Crippen molar-refractivity contribution in [3.05, 3.63) is 12.3 Å². The van der Waals surface area contributed by atoms with Crippen LogP contribution in [-0.2, 0) is 16.6 Å². The Bertz CT molecular complexity index is 331. The molecule has 1 aromatic heterocycles. The molecule has 0 bridgehead atoms. The number of aromatic nitrogens is 2. The zero-order valence-corrected chi connectivity index (χ0v) is 8.06. The molecule has 0 radical (unpaired) electrons. The molecule has 1 N–H and O–H groups in total. The van der Waals surface area contributed by atoms with Crippen LogP contribution in [0.15, 0.2) is 12.3 Å². The molecule has 0 saturated carbocycles. The minimum absolute atomic E-state index is 0.0295. The summed E-state index contributed by atoms with van der Waals surface area (Å²) in [6, 6.07) is 1.77. The second-order valence-corrected chi connectivity index (χ2v) is 3.50. The Labute approximate surface area is 82.0 Å². The lowest BCUT2D eigenvalue weighted by Crippen LogP contribution is -2.31. The molecular weight excluding hydrogens is 182 g/mol. The predicted molar refractivity (Wildman–Crippen MR) is 50.8 cm³/mol. The predicted octanol–water partition coefficient (Wildman–Crippen LogP) is 0.395. The Morgan fingerprint density at radius 2 is 2.57 bits per heavy atom. The number of anilines is 1. The molecule has 2 heterocycles. The van der Waals surface area contributed by atoms with Gasteiger partial charge in [-0.25, -0.2) is 0 Å². The fourth-order valence-corrected chi connectivity index (χ4v) is 1.36. The van der Waals surface area contributed by atoms with Crippen molar-refractivity contribution in [1.29, 1.82) is 0 Å². The summed E-state index contributed by atoms with van der Waals surface area (Å²) in [7, 11) is 1.79. The normalized spacial score (nSPS) is 16.4. The molecular formula is C9H13N3O2. The summed E-state index contributed by atoms with van der Waals surface area (Å²) in [5, 5.41) is 6.76. The second-order valence-electron chi connectivity index (χ2n) is 3.50. The molecule has 1 saturated heterocycles. The van der Waals surface area contributed by atoms with Gasteiger partial charge in [-0.05, 0) is 0 Å². The van der Waals surface area contributed by atoms with Gasteiger partial charge < -0.3 is 10.1 Å². The Balaban J connectivity index is 1.84. The number of hydrogen-bond acceptors (Lipinski definition) is 3. The van der Waals surface area contributed by atoms with Crippen molar-refractivity contribution in [3.63, 3.8) is 0 Å².